The van der Waals surface area contributed by atoms with E-state index in [1.54, 1.807) is 20.8 Å². The molecule has 3 aliphatic rings. The maximum absolute atomic E-state index is 12.6. The Morgan fingerprint density at radius 2 is 1.53 bits per heavy atom. The molecule has 3 fully saturated rings. The highest BCUT2D eigenvalue weighted by atomic mass is 19.4. The van der Waals surface area contributed by atoms with Gasteiger partial charge in [0.25, 0.3) is 6.10 Å². The number of hydrogen-bond acceptors (Lipinski definition) is 9. The maximum atomic E-state index is 12.6. The molecular formula is C23H22F6O9. The summed E-state index contributed by atoms with van der Waals surface area (Å²) in [6.07, 6.45) is -21.9. The van der Waals surface area contributed by atoms with Crippen molar-refractivity contribution in [1.82, 2.24) is 0 Å². The van der Waals surface area contributed by atoms with Crippen LogP contribution in [-0.4, -0.2) is 67.1 Å². The van der Waals surface area contributed by atoms with Crippen LogP contribution in [0.5, 0.6) is 0 Å². The molecule has 0 amide bonds. The number of benzene rings is 1. The van der Waals surface area contributed by atoms with Gasteiger partial charge in [0.1, 0.15) is 6.10 Å². The number of hydrogen-bond donors (Lipinski definition) is 0. The SMILES string of the molecule is CCC(C)(C)C(=O)OC1C(=O)OC2C3OC(c4ccc(C(=O)OC(C(F)(F)F)C(F)(F)F)cc4)OC3OC12. The summed E-state index contributed by atoms with van der Waals surface area (Å²) in [5, 5.41) is 0. The molecule has 1 aromatic carbocycles. The first-order valence-corrected chi connectivity index (χ1v) is 11.4. The number of ether oxygens (including phenoxy) is 6. The van der Waals surface area contributed by atoms with E-state index >= 15 is 0 Å². The van der Waals surface area contributed by atoms with E-state index < -0.39 is 84.3 Å². The van der Waals surface area contributed by atoms with E-state index in [1.807, 2.05) is 0 Å². The average Bonchev–Trinajstić information content (AvgIpc) is 3.46. The van der Waals surface area contributed by atoms with Crippen LogP contribution in [0.2, 0.25) is 0 Å². The lowest BCUT2D eigenvalue weighted by atomic mass is 9.90. The van der Waals surface area contributed by atoms with Crippen molar-refractivity contribution < 1.29 is 69.1 Å². The van der Waals surface area contributed by atoms with Gasteiger partial charge in [0.15, 0.2) is 24.8 Å². The van der Waals surface area contributed by atoms with Gasteiger partial charge in [-0.05, 0) is 32.4 Å². The van der Waals surface area contributed by atoms with Gasteiger partial charge in [-0.1, -0.05) is 19.1 Å². The zero-order valence-electron chi connectivity index (χ0n) is 20.0. The summed E-state index contributed by atoms with van der Waals surface area (Å²) in [6, 6.07) is 4.22. The van der Waals surface area contributed by atoms with Crippen molar-refractivity contribution in [3.05, 3.63) is 35.4 Å². The molecule has 38 heavy (non-hydrogen) atoms. The Hall–Kier alpha value is -2.91. The van der Waals surface area contributed by atoms with E-state index in [9.17, 15) is 40.7 Å². The predicted octanol–water partition coefficient (Wildman–Crippen LogP) is 3.75. The summed E-state index contributed by atoms with van der Waals surface area (Å²) in [5.74, 6) is -3.26. The fourth-order valence-corrected chi connectivity index (χ4v) is 3.87. The summed E-state index contributed by atoms with van der Waals surface area (Å²) in [6.45, 7) is 5.10. The minimum absolute atomic E-state index is 0.233. The third kappa shape index (κ3) is 5.31. The summed E-state index contributed by atoms with van der Waals surface area (Å²) in [4.78, 5) is 36.6. The number of rotatable bonds is 6. The largest absolute Gasteiger partial charge is 0.454 e. The van der Waals surface area contributed by atoms with Crippen molar-refractivity contribution >= 4 is 17.9 Å². The van der Waals surface area contributed by atoms with Crippen molar-refractivity contribution in [3.8, 4) is 0 Å². The van der Waals surface area contributed by atoms with Gasteiger partial charge in [-0.15, -0.1) is 0 Å². The minimum atomic E-state index is -5.84. The zero-order valence-corrected chi connectivity index (χ0v) is 20.0. The van der Waals surface area contributed by atoms with E-state index in [2.05, 4.69) is 4.74 Å². The molecule has 0 N–H and O–H groups in total. The number of carbonyl (C=O) groups is 3. The van der Waals surface area contributed by atoms with E-state index in [1.165, 1.54) is 12.1 Å². The molecule has 0 aromatic heterocycles. The lowest BCUT2D eigenvalue weighted by Gasteiger charge is -2.24. The lowest BCUT2D eigenvalue weighted by molar-refractivity contribution is -0.307. The van der Waals surface area contributed by atoms with Gasteiger partial charge in [-0.25, -0.2) is 9.59 Å². The molecule has 0 bridgehead atoms. The summed E-state index contributed by atoms with van der Waals surface area (Å²) < 4.78 is 107. The van der Waals surface area contributed by atoms with Gasteiger partial charge in [-0.2, -0.15) is 26.3 Å². The molecular weight excluding hydrogens is 534 g/mol. The van der Waals surface area contributed by atoms with Gasteiger partial charge in [0.05, 0.1) is 11.0 Å². The van der Waals surface area contributed by atoms with Crippen molar-refractivity contribution in [2.45, 2.75) is 82.6 Å². The summed E-state index contributed by atoms with van der Waals surface area (Å²) in [7, 11) is 0. The molecule has 0 radical (unpaired) electrons. The van der Waals surface area contributed by atoms with Crippen LogP contribution in [0, 0.1) is 5.41 Å². The van der Waals surface area contributed by atoms with Gasteiger partial charge < -0.3 is 28.4 Å². The monoisotopic (exact) mass is 556 g/mol. The molecule has 210 valence electrons. The van der Waals surface area contributed by atoms with Crippen molar-refractivity contribution in [1.29, 1.82) is 0 Å². The highest BCUT2D eigenvalue weighted by Crippen LogP contribution is 2.44. The van der Waals surface area contributed by atoms with E-state index in [4.69, 9.17) is 23.7 Å². The molecule has 1 aromatic rings. The molecule has 6 unspecified atom stereocenters. The highest BCUT2D eigenvalue weighted by Gasteiger charge is 2.63. The Labute approximate surface area is 211 Å². The Kier molecular flexibility index (Phi) is 7.16. The van der Waals surface area contributed by atoms with Crippen molar-refractivity contribution in [2.75, 3.05) is 0 Å². The fourth-order valence-electron chi connectivity index (χ4n) is 3.87. The van der Waals surface area contributed by atoms with Crippen LogP contribution in [0.15, 0.2) is 24.3 Å². The van der Waals surface area contributed by atoms with Gasteiger partial charge in [-0.3, -0.25) is 4.79 Å². The van der Waals surface area contributed by atoms with Crippen molar-refractivity contribution in [2.24, 2.45) is 5.41 Å². The molecule has 3 heterocycles. The minimum Gasteiger partial charge on any atom is -0.454 e. The normalized spacial score (nSPS) is 29.2. The maximum Gasteiger partial charge on any atom is 0.434 e. The second-order valence-electron chi connectivity index (χ2n) is 9.49. The van der Waals surface area contributed by atoms with Crippen LogP contribution in [0.1, 0.15) is 49.4 Å². The third-order valence-electron chi connectivity index (χ3n) is 6.44. The zero-order chi connectivity index (χ0) is 28.2. The predicted molar refractivity (Wildman–Crippen MR) is 109 cm³/mol. The number of carbonyl (C=O) groups excluding carboxylic acids is 3. The lowest BCUT2D eigenvalue weighted by Crippen LogP contribution is -2.45. The molecule has 15 heteroatoms. The third-order valence-corrected chi connectivity index (χ3v) is 6.44. The second kappa shape index (κ2) is 9.68. The van der Waals surface area contributed by atoms with Crippen LogP contribution >= 0.6 is 0 Å². The number of esters is 3. The number of alkyl halides is 6. The number of fused-ring (bicyclic) bond motifs is 3. The van der Waals surface area contributed by atoms with E-state index in [-0.39, 0.29) is 5.56 Å². The highest BCUT2D eigenvalue weighted by molar-refractivity contribution is 5.89. The molecule has 0 saturated carbocycles. The first-order chi connectivity index (χ1) is 17.5. The molecule has 3 aliphatic heterocycles. The van der Waals surface area contributed by atoms with Crippen LogP contribution in [0.4, 0.5) is 26.3 Å². The molecule has 6 atom stereocenters. The Morgan fingerprint density at radius 3 is 2.08 bits per heavy atom. The van der Waals surface area contributed by atoms with Crippen LogP contribution < -0.4 is 0 Å². The summed E-state index contributed by atoms with van der Waals surface area (Å²) >= 11 is 0. The van der Waals surface area contributed by atoms with Gasteiger partial charge in [0, 0.05) is 5.56 Å². The van der Waals surface area contributed by atoms with Crippen molar-refractivity contribution in [3.63, 3.8) is 0 Å². The van der Waals surface area contributed by atoms with E-state index in [0.29, 0.717) is 6.42 Å². The van der Waals surface area contributed by atoms with Crippen LogP contribution in [0.3, 0.4) is 0 Å². The topological polar surface area (TPSA) is 107 Å². The number of halogens is 6. The molecule has 4 rings (SSSR count). The standard InChI is InChI=1S/C23H22F6O9/c1-4-21(2,3)20(32)36-13-11-12(33-16(13)31)14-18(34-11)38-17(35-14)10-7-5-9(6-8-10)15(30)37-19(22(24,25)26)23(27,28)29/h5-8,11-14,17-19H,4H2,1-3H3. The first-order valence-electron chi connectivity index (χ1n) is 11.4. The molecule has 3 saturated heterocycles. The smallest absolute Gasteiger partial charge is 0.434 e. The van der Waals surface area contributed by atoms with Crippen LogP contribution in [-0.2, 0) is 38.0 Å². The second-order valence-corrected chi connectivity index (χ2v) is 9.49. The van der Waals surface area contributed by atoms with Gasteiger partial charge in [0.2, 0.25) is 6.10 Å². The Bertz CT molecular complexity index is 1070. The fraction of sp³-hybridized carbons (Fsp3) is 0.609. The molecule has 0 aliphatic carbocycles. The van der Waals surface area contributed by atoms with E-state index in [0.717, 1.165) is 12.1 Å². The van der Waals surface area contributed by atoms with Crippen LogP contribution in [0.25, 0.3) is 0 Å². The van der Waals surface area contributed by atoms with Gasteiger partial charge >= 0.3 is 30.3 Å². The average molecular weight is 556 g/mol. The molecule has 9 nitrogen and oxygen atoms in total. The quantitative estimate of drug-likeness (QED) is 0.294. The molecule has 0 spiro atoms. The Morgan fingerprint density at radius 1 is 0.921 bits per heavy atom. The Balaban J connectivity index is 1.39. The summed E-state index contributed by atoms with van der Waals surface area (Å²) in [5.41, 5.74) is -1.19. The first kappa shape index (κ1) is 28.1.